The predicted octanol–water partition coefficient (Wildman–Crippen LogP) is 3.91. The predicted molar refractivity (Wildman–Crippen MR) is 110 cm³/mol. The van der Waals surface area contributed by atoms with Crippen LogP contribution in [0.2, 0.25) is 0 Å². The molecule has 0 aliphatic rings. The Morgan fingerprint density at radius 3 is 2.42 bits per heavy atom. The Morgan fingerprint density at radius 1 is 1.04 bits per heavy atom. The third-order valence-electron chi connectivity index (χ3n) is 3.60. The summed E-state index contributed by atoms with van der Waals surface area (Å²) in [5.41, 5.74) is 4.55. The van der Waals surface area contributed by atoms with E-state index < -0.39 is 0 Å². The molecule has 1 atom stereocenters. The van der Waals surface area contributed by atoms with Crippen molar-refractivity contribution in [2.45, 2.75) is 6.92 Å². The van der Waals surface area contributed by atoms with Gasteiger partial charge in [0.2, 0.25) is 11.9 Å². The number of rotatable bonds is 7. The number of hydrogen-bond acceptors (Lipinski definition) is 7. The molecule has 0 spiro atoms. The van der Waals surface area contributed by atoms with E-state index in [1.165, 1.54) is 12.5 Å². The normalized spacial score (nSPS) is 10.2. The third kappa shape index (κ3) is 4.52. The quantitative estimate of drug-likeness (QED) is 0.374. The van der Waals surface area contributed by atoms with Crippen LogP contribution in [-0.4, -0.2) is 27.5 Å². The molecule has 3 rings (SSSR count). The summed E-state index contributed by atoms with van der Waals surface area (Å²) in [5.74, 6) is 0.888. The van der Waals surface area contributed by atoms with E-state index in [1.807, 2.05) is 49.4 Å². The highest BCUT2D eigenvalue weighted by molar-refractivity contribution is 7.16. The number of hydrogen-bond donors (Lipinski definition) is 4. The Hall–Kier alpha value is -3.05. The average molecular weight is 365 g/mol. The molecule has 0 aliphatic carbocycles. The second-order valence-corrected chi connectivity index (χ2v) is 5.99. The van der Waals surface area contributed by atoms with Gasteiger partial charge in [0.1, 0.15) is 6.33 Å². The first kappa shape index (κ1) is 17.8. The van der Waals surface area contributed by atoms with Gasteiger partial charge in [0.15, 0.2) is 0 Å². The summed E-state index contributed by atoms with van der Waals surface area (Å²) in [6.07, 6.45) is 3.48. The second-order valence-electron chi connectivity index (χ2n) is 5.58. The van der Waals surface area contributed by atoms with Crippen LogP contribution in [0.3, 0.4) is 0 Å². The maximum absolute atomic E-state index is 7.56. The van der Waals surface area contributed by atoms with E-state index in [9.17, 15) is 0 Å². The van der Waals surface area contributed by atoms with Gasteiger partial charge in [0.25, 0.3) is 0 Å². The van der Waals surface area contributed by atoms with Crippen molar-refractivity contribution in [1.29, 1.82) is 5.41 Å². The smallest absolute Gasteiger partial charge is 0.232 e. The number of aromatic nitrogens is 3. The molecule has 4 N–H and O–H groups in total. The molecular formula is C18H20N7P. The average Bonchev–Trinajstić information content (AvgIpc) is 2.63. The van der Waals surface area contributed by atoms with Gasteiger partial charge in [-0.15, -0.1) is 9.24 Å². The van der Waals surface area contributed by atoms with E-state index in [0.717, 1.165) is 34.5 Å². The molecule has 132 valence electrons. The second kappa shape index (κ2) is 8.36. The van der Waals surface area contributed by atoms with Crippen LogP contribution in [0.15, 0.2) is 48.8 Å². The zero-order valence-corrected chi connectivity index (χ0v) is 15.5. The van der Waals surface area contributed by atoms with E-state index in [1.54, 1.807) is 0 Å². The van der Waals surface area contributed by atoms with Crippen LogP contribution in [0.1, 0.15) is 11.1 Å². The molecule has 7 nitrogen and oxygen atoms in total. The van der Waals surface area contributed by atoms with Crippen LogP contribution < -0.4 is 16.0 Å². The summed E-state index contributed by atoms with van der Waals surface area (Å²) in [6.45, 7) is 2.03. The van der Waals surface area contributed by atoms with Gasteiger partial charge < -0.3 is 21.4 Å². The lowest BCUT2D eigenvalue weighted by Gasteiger charge is -2.11. The number of nitrogens with zero attached hydrogens (tertiary/aromatic N) is 3. The molecule has 1 heterocycles. The standard InChI is InChI=1S/C18H20N7P/c1-12-3-2-4-14(7-12)23-17-20-10-21-18(25-17)24-15-5-6-16(22-11-26)13(8-15)9-19/h2-10,19,22H,11,26H2,1H3,(H2,20,21,23,24,25). The summed E-state index contributed by atoms with van der Waals surface area (Å²) >= 11 is 0. The molecular weight excluding hydrogens is 345 g/mol. The highest BCUT2D eigenvalue weighted by Gasteiger charge is 2.05. The minimum atomic E-state index is 0.429. The van der Waals surface area contributed by atoms with E-state index in [0.29, 0.717) is 11.9 Å². The maximum Gasteiger partial charge on any atom is 0.232 e. The molecule has 1 aromatic heterocycles. The largest absolute Gasteiger partial charge is 0.381 e. The summed E-state index contributed by atoms with van der Waals surface area (Å²) in [4.78, 5) is 12.7. The van der Waals surface area contributed by atoms with E-state index >= 15 is 0 Å². The Bertz CT molecular complexity index is 914. The lowest BCUT2D eigenvalue weighted by molar-refractivity contribution is 1.06. The minimum absolute atomic E-state index is 0.429. The Labute approximate surface area is 154 Å². The highest BCUT2D eigenvalue weighted by atomic mass is 31.0. The van der Waals surface area contributed by atoms with Crippen LogP contribution in [0, 0.1) is 12.3 Å². The maximum atomic E-state index is 7.56. The van der Waals surface area contributed by atoms with Gasteiger partial charge in [-0.3, -0.25) is 0 Å². The van der Waals surface area contributed by atoms with Crippen molar-refractivity contribution >= 4 is 44.4 Å². The molecule has 0 radical (unpaired) electrons. The van der Waals surface area contributed by atoms with E-state index in [4.69, 9.17) is 5.41 Å². The van der Waals surface area contributed by atoms with Gasteiger partial charge in [-0.2, -0.15) is 4.98 Å². The van der Waals surface area contributed by atoms with Crippen LogP contribution >= 0.6 is 9.24 Å². The van der Waals surface area contributed by atoms with Gasteiger partial charge in [0, 0.05) is 35.1 Å². The van der Waals surface area contributed by atoms with Gasteiger partial charge in [0.05, 0.1) is 0 Å². The van der Waals surface area contributed by atoms with Crippen molar-refractivity contribution < 1.29 is 0 Å². The van der Waals surface area contributed by atoms with Crippen molar-refractivity contribution in [3.63, 3.8) is 0 Å². The van der Waals surface area contributed by atoms with Crippen molar-refractivity contribution in [3.05, 3.63) is 59.9 Å². The van der Waals surface area contributed by atoms with Crippen LogP contribution in [0.4, 0.5) is 29.0 Å². The highest BCUT2D eigenvalue weighted by Crippen LogP contribution is 2.22. The van der Waals surface area contributed by atoms with Crippen molar-refractivity contribution in [3.8, 4) is 0 Å². The van der Waals surface area contributed by atoms with Gasteiger partial charge in [-0.25, -0.2) is 9.97 Å². The Kier molecular flexibility index (Phi) is 5.71. The molecule has 0 fully saturated rings. The fraction of sp³-hybridized carbons (Fsp3) is 0.111. The fourth-order valence-electron chi connectivity index (χ4n) is 2.43. The summed E-state index contributed by atoms with van der Waals surface area (Å²) in [7, 11) is 2.60. The molecule has 26 heavy (non-hydrogen) atoms. The van der Waals surface area contributed by atoms with Crippen LogP contribution in [-0.2, 0) is 0 Å². The topological polar surface area (TPSA) is 98.6 Å². The number of benzene rings is 2. The van der Waals surface area contributed by atoms with Crippen molar-refractivity contribution in [2.24, 2.45) is 0 Å². The Morgan fingerprint density at radius 2 is 1.77 bits per heavy atom. The molecule has 1 unspecified atom stereocenters. The van der Waals surface area contributed by atoms with Gasteiger partial charge >= 0.3 is 0 Å². The molecule has 8 heteroatoms. The first-order chi connectivity index (χ1) is 12.7. The lowest BCUT2D eigenvalue weighted by Crippen LogP contribution is -2.04. The van der Waals surface area contributed by atoms with Crippen LogP contribution in [0.5, 0.6) is 0 Å². The molecule has 0 aliphatic heterocycles. The van der Waals surface area contributed by atoms with Crippen LogP contribution in [0.25, 0.3) is 0 Å². The zero-order valence-electron chi connectivity index (χ0n) is 14.3. The molecule has 0 saturated heterocycles. The monoisotopic (exact) mass is 365 g/mol. The number of anilines is 5. The molecule has 0 amide bonds. The molecule has 0 bridgehead atoms. The molecule has 0 saturated carbocycles. The van der Waals surface area contributed by atoms with Crippen molar-refractivity contribution in [2.75, 3.05) is 22.2 Å². The first-order valence-electron chi connectivity index (χ1n) is 8.06. The fourth-order valence-corrected chi connectivity index (χ4v) is 2.65. The number of aryl methyl sites for hydroxylation is 1. The zero-order chi connectivity index (χ0) is 18.4. The third-order valence-corrected chi connectivity index (χ3v) is 3.81. The van der Waals surface area contributed by atoms with Crippen molar-refractivity contribution in [1.82, 2.24) is 15.0 Å². The molecule has 3 aromatic rings. The lowest BCUT2D eigenvalue weighted by atomic mass is 10.1. The number of nitrogens with one attached hydrogen (secondary N) is 4. The summed E-state index contributed by atoms with van der Waals surface area (Å²) in [6, 6.07) is 13.7. The van der Waals surface area contributed by atoms with E-state index in [2.05, 4.69) is 40.1 Å². The van der Waals surface area contributed by atoms with Gasteiger partial charge in [-0.1, -0.05) is 12.1 Å². The summed E-state index contributed by atoms with van der Waals surface area (Å²) < 4.78 is 0. The SMILES string of the molecule is Cc1cccc(Nc2ncnc(Nc3ccc(NCP)c(C=N)c3)n2)c1. The Balaban J connectivity index is 1.77. The molecule has 2 aromatic carbocycles. The van der Waals surface area contributed by atoms with Gasteiger partial charge in [-0.05, 0) is 42.8 Å². The van der Waals surface area contributed by atoms with E-state index in [-0.39, 0.29) is 0 Å². The first-order valence-corrected chi connectivity index (χ1v) is 8.88. The summed E-state index contributed by atoms with van der Waals surface area (Å²) in [5, 5.41) is 17.1. The minimum Gasteiger partial charge on any atom is -0.381 e.